The number of quaternary nitrogens is 1. The van der Waals surface area contributed by atoms with Gasteiger partial charge in [-0.05, 0) is 32.9 Å². The lowest BCUT2D eigenvalue weighted by molar-refractivity contribution is -0.862. The highest BCUT2D eigenvalue weighted by molar-refractivity contribution is 5.91. The van der Waals surface area contributed by atoms with Crippen molar-refractivity contribution in [2.75, 3.05) is 38.5 Å². The van der Waals surface area contributed by atoms with Crippen molar-refractivity contribution in [2.45, 2.75) is 33.0 Å². The third-order valence-corrected chi connectivity index (χ3v) is 4.02. The second-order valence-corrected chi connectivity index (χ2v) is 6.78. The van der Waals surface area contributed by atoms with Crippen LogP contribution in [0.25, 0.3) is 0 Å². The van der Waals surface area contributed by atoms with E-state index in [-0.39, 0.29) is 30.6 Å². The number of hydrogen-bond acceptors (Lipinski definition) is 3. The van der Waals surface area contributed by atoms with Gasteiger partial charge >= 0.3 is 0 Å². The molecule has 0 aliphatic carbocycles. The van der Waals surface area contributed by atoms with Crippen molar-refractivity contribution < 1.29 is 19.2 Å². The van der Waals surface area contributed by atoms with Gasteiger partial charge < -0.3 is 19.9 Å². The third kappa shape index (κ3) is 5.62. The zero-order valence-electron chi connectivity index (χ0n) is 15.0. The molecule has 1 saturated heterocycles. The lowest BCUT2D eigenvalue weighted by Gasteiger charge is -2.35. The number of nitrogens with one attached hydrogen (secondary N) is 2. The number of benzene rings is 1. The first kappa shape index (κ1) is 18.4. The van der Waals surface area contributed by atoms with Crippen molar-refractivity contribution in [2.24, 2.45) is 0 Å². The summed E-state index contributed by atoms with van der Waals surface area (Å²) in [6.45, 7) is 7.75. The van der Waals surface area contributed by atoms with E-state index in [1.807, 2.05) is 57.0 Å². The number of carbonyl (C=O) groups is 2. The molecule has 0 radical (unpaired) electrons. The molecular weight excluding hydrogens is 306 g/mol. The van der Waals surface area contributed by atoms with Crippen LogP contribution < -0.4 is 10.2 Å². The second kappa shape index (κ2) is 8.26. The summed E-state index contributed by atoms with van der Waals surface area (Å²) >= 11 is 0. The quantitative estimate of drug-likeness (QED) is 0.802. The summed E-state index contributed by atoms with van der Waals surface area (Å²) in [5.74, 6) is -0.0227. The molecule has 3 atom stereocenters. The van der Waals surface area contributed by atoms with Crippen LogP contribution in [0.1, 0.15) is 19.4 Å². The predicted molar refractivity (Wildman–Crippen MR) is 93.0 cm³/mol. The maximum atomic E-state index is 12.4. The van der Waals surface area contributed by atoms with Gasteiger partial charge in [0, 0.05) is 18.8 Å². The van der Waals surface area contributed by atoms with Gasteiger partial charge in [0.25, 0.3) is 11.8 Å². The topological polar surface area (TPSA) is 63.1 Å². The first-order valence-corrected chi connectivity index (χ1v) is 8.44. The highest BCUT2D eigenvalue weighted by atomic mass is 16.5. The van der Waals surface area contributed by atoms with E-state index in [0.29, 0.717) is 19.6 Å². The Morgan fingerprint density at radius 3 is 2.33 bits per heavy atom. The van der Waals surface area contributed by atoms with Crippen LogP contribution in [0.5, 0.6) is 0 Å². The number of amides is 2. The number of anilines is 1. The van der Waals surface area contributed by atoms with Gasteiger partial charge in [0.05, 0.1) is 19.3 Å². The zero-order chi connectivity index (χ0) is 17.7. The summed E-state index contributed by atoms with van der Waals surface area (Å²) in [6.07, 6.45) is 0.116. The molecule has 1 aliphatic rings. The molecule has 1 fully saturated rings. The van der Waals surface area contributed by atoms with Crippen LogP contribution in [0.15, 0.2) is 24.3 Å². The molecule has 2 amide bonds. The van der Waals surface area contributed by atoms with Gasteiger partial charge in [-0.1, -0.05) is 17.7 Å². The molecule has 2 N–H and O–H groups in total. The summed E-state index contributed by atoms with van der Waals surface area (Å²) in [4.78, 5) is 27.2. The minimum absolute atomic E-state index is 0.0582. The molecule has 0 aromatic heterocycles. The Morgan fingerprint density at radius 2 is 1.75 bits per heavy atom. The van der Waals surface area contributed by atoms with E-state index >= 15 is 0 Å². The number of rotatable bonds is 5. The van der Waals surface area contributed by atoms with Gasteiger partial charge in [-0.25, -0.2) is 0 Å². The fourth-order valence-electron chi connectivity index (χ4n) is 2.93. The summed E-state index contributed by atoms with van der Waals surface area (Å²) in [6, 6.07) is 7.67. The van der Waals surface area contributed by atoms with Gasteiger partial charge in [0.15, 0.2) is 13.1 Å². The van der Waals surface area contributed by atoms with Crippen molar-refractivity contribution in [3.63, 3.8) is 0 Å². The second-order valence-electron chi connectivity index (χ2n) is 6.78. The summed E-state index contributed by atoms with van der Waals surface area (Å²) in [7, 11) is 1.86. The molecule has 1 aromatic rings. The lowest BCUT2D eigenvalue weighted by atomic mass is 10.2. The Hall–Kier alpha value is -1.92. The van der Waals surface area contributed by atoms with E-state index in [0.717, 1.165) is 16.2 Å². The van der Waals surface area contributed by atoms with E-state index in [9.17, 15) is 9.59 Å². The molecule has 6 nitrogen and oxygen atoms in total. The highest BCUT2D eigenvalue weighted by Crippen LogP contribution is 2.10. The average Bonchev–Trinajstić information content (AvgIpc) is 2.48. The summed E-state index contributed by atoms with van der Waals surface area (Å²) in [5, 5.41) is 2.86. The Bertz CT molecular complexity index is 563. The predicted octanol–water partition coefficient (Wildman–Crippen LogP) is 0.0840. The molecule has 6 heteroatoms. The molecule has 0 saturated carbocycles. The fraction of sp³-hybridized carbons (Fsp3) is 0.556. The van der Waals surface area contributed by atoms with Crippen LogP contribution in [0.4, 0.5) is 5.69 Å². The van der Waals surface area contributed by atoms with Gasteiger partial charge in [-0.15, -0.1) is 0 Å². The first-order chi connectivity index (χ1) is 11.3. The minimum Gasteiger partial charge on any atom is -0.372 e. The molecule has 132 valence electrons. The van der Waals surface area contributed by atoms with Crippen molar-refractivity contribution in [1.29, 1.82) is 0 Å². The molecule has 1 aliphatic heterocycles. The van der Waals surface area contributed by atoms with Gasteiger partial charge in [0.2, 0.25) is 0 Å². The maximum Gasteiger partial charge on any atom is 0.279 e. The number of carbonyl (C=O) groups excluding carboxylic acids is 2. The molecular formula is C18H28N3O3+. The van der Waals surface area contributed by atoms with E-state index in [4.69, 9.17) is 4.74 Å². The summed E-state index contributed by atoms with van der Waals surface area (Å²) < 4.78 is 5.65. The van der Waals surface area contributed by atoms with Crippen LogP contribution in [0, 0.1) is 6.92 Å². The van der Waals surface area contributed by atoms with E-state index in [1.165, 1.54) is 0 Å². The fourth-order valence-corrected chi connectivity index (χ4v) is 2.93. The van der Waals surface area contributed by atoms with Crippen LogP contribution in [0.2, 0.25) is 0 Å². The SMILES string of the molecule is Cc1ccc(NC(=O)C[NH+](C)CC(=O)N2C[C@@H](C)O[C@H](C)C2)cc1. The number of ether oxygens (including phenoxy) is 1. The maximum absolute atomic E-state index is 12.4. The van der Waals surface area contributed by atoms with Crippen LogP contribution >= 0.6 is 0 Å². The molecule has 24 heavy (non-hydrogen) atoms. The number of nitrogens with zero attached hydrogens (tertiary/aromatic N) is 1. The van der Waals surface area contributed by atoms with Crippen LogP contribution in [-0.2, 0) is 14.3 Å². The normalized spacial score (nSPS) is 22.1. The molecule has 2 rings (SSSR count). The first-order valence-electron chi connectivity index (χ1n) is 8.44. The van der Waals surface area contributed by atoms with Gasteiger partial charge in [0.1, 0.15) is 0 Å². The largest absolute Gasteiger partial charge is 0.372 e. The Kier molecular flexibility index (Phi) is 6.34. The van der Waals surface area contributed by atoms with Crippen LogP contribution in [0.3, 0.4) is 0 Å². The lowest BCUT2D eigenvalue weighted by Crippen LogP contribution is -3.11. The molecule has 0 bridgehead atoms. The van der Waals surface area contributed by atoms with Gasteiger partial charge in [-0.2, -0.15) is 0 Å². The highest BCUT2D eigenvalue weighted by Gasteiger charge is 2.27. The third-order valence-electron chi connectivity index (χ3n) is 4.02. The van der Waals surface area contributed by atoms with Crippen molar-refractivity contribution in [3.8, 4) is 0 Å². The molecule has 1 aromatic carbocycles. The monoisotopic (exact) mass is 334 g/mol. The van der Waals surface area contributed by atoms with E-state index in [2.05, 4.69) is 5.32 Å². The van der Waals surface area contributed by atoms with E-state index in [1.54, 1.807) is 0 Å². The smallest absolute Gasteiger partial charge is 0.279 e. The number of aryl methyl sites for hydroxylation is 1. The number of morpholine rings is 1. The Balaban J connectivity index is 1.79. The number of hydrogen-bond donors (Lipinski definition) is 2. The van der Waals surface area contributed by atoms with Gasteiger partial charge in [-0.3, -0.25) is 9.59 Å². The minimum atomic E-state index is -0.0899. The molecule has 1 heterocycles. The van der Waals surface area contributed by atoms with Crippen LogP contribution in [-0.4, -0.2) is 62.1 Å². The Labute approximate surface area is 143 Å². The Morgan fingerprint density at radius 1 is 1.17 bits per heavy atom. The average molecular weight is 334 g/mol. The molecule has 1 unspecified atom stereocenters. The van der Waals surface area contributed by atoms with Crippen molar-refractivity contribution in [3.05, 3.63) is 29.8 Å². The standard InChI is InChI=1S/C18H27N3O3/c1-13-5-7-16(8-6-13)19-17(22)11-20(4)12-18(23)21-9-14(2)24-15(3)10-21/h5-8,14-15H,9-12H2,1-4H3,(H,19,22)/p+1/t14-,15-/m1/s1. The zero-order valence-corrected chi connectivity index (χ0v) is 15.0. The molecule has 0 spiro atoms. The number of likely N-dealkylation sites (N-methyl/N-ethyl adjacent to an activating group) is 1. The van der Waals surface area contributed by atoms with E-state index < -0.39 is 0 Å². The summed E-state index contributed by atoms with van der Waals surface area (Å²) in [5.41, 5.74) is 1.93. The van der Waals surface area contributed by atoms with Crippen molar-refractivity contribution >= 4 is 17.5 Å². The van der Waals surface area contributed by atoms with Crippen molar-refractivity contribution in [1.82, 2.24) is 4.90 Å².